The fourth-order valence-electron chi connectivity index (χ4n) is 2.23. The summed E-state index contributed by atoms with van der Waals surface area (Å²) in [7, 11) is 0. The maximum absolute atomic E-state index is 9.90. The molecule has 0 bridgehead atoms. The Bertz CT molecular complexity index is 549. The monoisotopic (exact) mass is 274 g/mol. The van der Waals surface area contributed by atoms with Crippen LogP contribution in [0.25, 0.3) is 10.8 Å². The Labute approximate surface area is 120 Å². The lowest BCUT2D eigenvalue weighted by atomic mass is 10.0. The number of hydrogen-bond donors (Lipinski definition) is 1. The van der Waals surface area contributed by atoms with Gasteiger partial charge in [-0.25, -0.2) is 0 Å². The van der Waals surface area contributed by atoms with Gasteiger partial charge in [-0.3, -0.25) is 0 Å². The largest absolute Gasteiger partial charge is 0.492 e. The molecule has 0 spiro atoms. The third-order valence-electron chi connectivity index (χ3n) is 3.24. The number of fused-ring (bicyclic) bond motifs is 1. The first-order valence-electron chi connectivity index (χ1n) is 7.14. The third-order valence-corrected chi connectivity index (χ3v) is 3.24. The number of benzene rings is 2. The van der Waals surface area contributed by atoms with Crippen LogP contribution in [0.4, 0.5) is 0 Å². The zero-order chi connectivity index (χ0) is 14.4. The molecule has 1 N–H and O–H groups in total. The molecule has 0 unspecified atom stereocenters. The molecule has 108 valence electrons. The summed E-state index contributed by atoms with van der Waals surface area (Å²) < 4.78 is 11.2. The molecule has 0 heterocycles. The maximum Gasteiger partial charge on any atom is 0.132 e. The van der Waals surface area contributed by atoms with E-state index in [-0.39, 0.29) is 0 Å². The highest BCUT2D eigenvalue weighted by atomic mass is 16.5. The summed E-state index contributed by atoms with van der Waals surface area (Å²) in [6.07, 6.45) is 0.303. The zero-order valence-corrected chi connectivity index (χ0v) is 12.1. The van der Waals surface area contributed by atoms with E-state index in [2.05, 4.69) is 0 Å². The van der Waals surface area contributed by atoms with Crippen molar-refractivity contribution in [1.29, 1.82) is 0 Å². The van der Waals surface area contributed by atoms with Crippen LogP contribution < -0.4 is 4.74 Å². The van der Waals surface area contributed by atoms with E-state index < -0.39 is 6.10 Å². The summed E-state index contributed by atoms with van der Waals surface area (Å²) >= 11 is 0. The Balaban J connectivity index is 2.21. The van der Waals surface area contributed by atoms with Crippen molar-refractivity contribution < 1.29 is 14.6 Å². The highest BCUT2D eigenvalue weighted by Gasteiger charge is 2.12. The van der Waals surface area contributed by atoms with Crippen LogP contribution in [0.1, 0.15) is 31.9 Å². The van der Waals surface area contributed by atoms with Gasteiger partial charge in [-0.05, 0) is 19.2 Å². The summed E-state index contributed by atoms with van der Waals surface area (Å²) in [5.74, 6) is 0.787. The van der Waals surface area contributed by atoms with Crippen LogP contribution >= 0.6 is 0 Å². The molecule has 1 atom stereocenters. The minimum atomic E-state index is -0.540. The first-order chi connectivity index (χ1) is 9.74. The standard InChI is InChI=1S/C17H22O3/c1-3-19-11-6-12-20-17-15(13(2)18)10-9-14-7-4-5-8-16(14)17/h4-5,7-10,13,18H,3,6,11-12H2,1-2H3/t13-/m0/s1. The number of aliphatic hydroxyl groups excluding tert-OH is 1. The van der Waals surface area contributed by atoms with Gasteiger partial charge >= 0.3 is 0 Å². The molecular weight excluding hydrogens is 252 g/mol. The second-order valence-electron chi connectivity index (χ2n) is 4.78. The van der Waals surface area contributed by atoms with E-state index in [1.165, 1.54) is 0 Å². The van der Waals surface area contributed by atoms with Crippen LogP contribution in [0.15, 0.2) is 36.4 Å². The van der Waals surface area contributed by atoms with Gasteiger partial charge in [0.05, 0.1) is 12.7 Å². The molecule has 0 aliphatic heterocycles. The van der Waals surface area contributed by atoms with E-state index in [1.54, 1.807) is 6.92 Å². The van der Waals surface area contributed by atoms with Crippen molar-refractivity contribution in [3.63, 3.8) is 0 Å². The maximum atomic E-state index is 9.90. The molecule has 2 rings (SSSR count). The average molecular weight is 274 g/mol. The van der Waals surface area contributed by atoms with E-state index >= 15 is 0 Å². The van der Waals surface area contributed by atoms with E-state index in [1.807, 2.05) is 43.3 Å². The van der Waals surface area contributed by atoms with Crippen LogP contribution in [-0.4, -0.2) is 24.9 Å². The Kier molecular flexibility index (Phi) is 5.39. The van der Waals surface area contributed by atoms with Gasteiger partial charge in [0.15, 0.2) is 0 Å². The molecule has 0 aliphatic rings. The van der Waals surface area contributed by atoms with Crippen LogP contribution in [0.5, 0.6) is 5.75 Å². The number of aliphatic hydroxyl groups is 1. The van der Waals surface area contributed by atoms with E-state index in [9.17, 15) is 5.11 Å². The zero-order valence-electron chi connectivity index (χ0n) is 12.1. The summed E-state index contributed by atoms with van der Waals surface area (Å²) in [4.78, 5) is 0. The molecule has 20 heavy (non-hydrogen) atoms. The topological polar surface area (TPSA) is 38.7 Å². The summed E-state index contributed by atoms with van der Waals surface area (Å²) in [5, 5.41) is 12.1. The van der Waals surface area contributed by atoms with Gasteiger partial charge in [-0.2, -0.15) is 0 Å². The van der Waals surface area contributed by atoms with Crippen LogP contribution in [0.3, 0.4) is 0 Å². The molecular formula is C17H22O3. The quantitative estimate of drug-likeness (QED) is 0.782. The molecule has 2 aromatic rings. The Morgan fingerprint density at radius 2 is 1.90 bits per heavy atom. The predicted molar refractivity (Wildman–Crippen MR) is 81.2 cm³/mol. The van der Waals surface area contributed by atoms with Crippen molar-refractivity contribution in [1.82, 2.24) is 0 Å². The Morgan fingerprint density at radius 1 is 1.10 bits per heavy atom. The molecule has 0 aromatic heterocycles. The van der Waals surface area contributed by atoms with Crippen molar-refractivity contribution >= 4 is 10.8 Å². The molecule has 0 aliphatic carbocycles. The van der Waals surface area contributed by atoms with Crippen LogP contribution in [-0.2, 0) is 4.74 Å². The molecule has 0 saturated heterocycles. The van der Waals surface area contributed by atoms with Crippen molar-refractivity contribution in [3.8, 4) is 5.75 Å². The normalized spacial score (nSPS) is 12.6. The highest BCUT2D eigenvalue weighted by molar-refractivity contribution is 5.89. The van der Waals surface area contributed by atoms with E-state index in [0.717, 1.165) is 35.1 Å². The van der Waals surface area contributed by atoms with Gasteiger partial charge in [0, 0.05) is 30.6 Å². The molecule has 3 heteroatoms. The number of rotatable bonds is 7. The van der Waals surface area contributed by atoms with Gasteiger partial charge < -0.3 is 14.6 Å². The van der Waals surface area contributed by atoms with Crippen molar-refractivity contribution in [3.05, 3.63) is 42.0 Å². The SMILES string of the molecule is CCOCCCOc1c([C@H](C)O)ccc2ccccc12. The lowest BCUT2D eigenvalue weighted by molar-refractivity contribution is 0.130. The molecule has 0 amide bonds. The minimum absolute atomic E-state index is 0.540. The lowest BCUT2D eigenvalue weighted by Crippen LogP contribution is -2.06. The van der Waals surface area contributed by atoms with E-state index in [0.29, 0.717) is 13.2 Å². The minimum Gasteiger partial charge on any atom is -0.492 e. The lowest BCUT2D eigenvalue weighted by Gasteiger charge is -2.16. The molecule has 2 aromatic carbocycles. The summed E-state index contributed by atoms with van der Waals surface area (Å²) in [6, 6.07) is 12.0. The van der Waals surface area contributed by atoms with Crippen molar-refractivity contribution in [2.75, 3.05) is 19.8 Å². The fraction of sp³-hybridized carbons (Fsp3) is 0.412. The number of ether oxygens (including phenoxy) is 2. The smallest absolute Gasteiger partial charge is 0.132 e. The second-order valence-corrected chi connectivity index (χ2v) is 4.78. The number of hydrogen-bond acceptors (Lipinski definition) is 3. The molecule has 3 nitrogen and oxygen atoms in total. The first kappa shape index (κ1) is 14.8. The Hall–Kier alpha value is -1.58. The van der Waals surface area contributed by atoms with Gasteiger partial charge in [-0.15, -0.1) is 0 Å². The first-order valence-corrected chi connectivity index (χ1v) is 7.14. The van der Waals surface area contributed by atoms with Crippen molar-refractivity contribution in [2.24, 2.45) is 0 Å². The van der Waals surface area contributed by atoms with Crippen LogP contribution in [0.2, 0.25) is 0 Å². The van der Waals surface area contributed by atoms with Gasteiger partial charge in [-0.1, -0.05) is 36.4 Å². The average Bonchev–Trinajstić information content (AvgIpc) is 2.46. The predicted octanol–water partition coefficient (Wildman–Crippen LogP) is 3.70. The molecule has 0 saturated carbocycles. The van der Waals surface area contributed by atoms with Gasteiger partial charge in [0.1, 0.15) is 5.75 Å². The molecule has 0 radical (unpaired) electrons. The van der Waals surface area contributed by atoms with Gasteiger partial charge in [0.2, 0.25) is 0 Å². The highest BCUT2D eigenvalue weighted by Crippen LogP contribution is 2.33. The second kappa shape index (κ2) is 7.27. The van der Waals surface area contributed by atoms with E-state index in [4.69, 9.17) is 9.47 Å². The summed E-state index contributed by atoms with van der Waals surface area (Å²) in [5.41, 5.74) is 0.833. The van der Waals surface area contributed by atoms with Crippen molar-refractivity contribution in [2.45, 2.75) is 26.4 Å². The Morgan fingerprint density at radius 3 is 2.65 bits per heavy atom. The molecule has 0 fully saturated rings. The van der Waals surface area contributed by atoms with Gasteiger partial charge in [0.25, 0.3) is 0 Å². The van der Waals surface area contributed by atoms with Crippen LogP contribution in [0, 0.1) is 0 Å². The third kappa shape index (κ3) is 3.50. The summed E-state index contributed by atoms with van der Waals surface area (Å²) in [6.45, 7) is 5.76. The fourth-order valence-corrected chi connectivity index (χ4v) is 2.23.